The van der Waals surface area contributed by atoms with Crippen LogP contribution in [0.15, 0.2) is 29.1 Å². The van der Waals surface area contributed by atoms with Crippen LogP contribution in [-0.2, 0) is 0 Å². The zero-order valence-electron chi connectivity index (χ0n) is 13.5. The number of fused-ring (bicyclic) bond motifs is 1. The van der Waals surface area contributed by atoms with Crippen LogP contribution in [0.2, 0.25) is 0 Å². The summed E-state index contributed by atoms with van der Waals surface area (Å²) in [6.07, 6.45) is 0. The van der Waals surface area contributed by atoms with Crippen LogP contribution in [-0.4, -0.2) is 53.9 Å². The van der Waals surface area contributed by atoms with Crippen molar-refractivity contribution in [3.63, 3.8) is 0 Å². The Labute approximate surface area is 133 Å². The van der Waals surface area contributed by atoms with Gasteiger partial charge in [0.05, 0.1) is 5.56 Å². The van der Waals surface area contributed by atoms with Gasteiger partial charge in [-0.1, -0.05) is 6.92 Å². The number of likely N-dealkylation sites (N-methyl/N-ethyl adjacent to an activating group) is 1. The Hall–Kier alpha value is -2.21. The molecule has 1 fully saturated rings. The lowest BCUT2D eigenvalue weighted by Crippen LogP contribution is -2.36. The number of hydrogen-bond donors (Lipinski definition) is 1. The molecule has 1 aliphatic heterocycles. The van der Waals surface area contributed by atoms with Crippen molar-refractivity contribution in [1.82, 2.24) is 14.8 Å². The Bertz CT molecular complexity index is 815. The van der Waals surface area contributed by atoms with Gasteiger partial charge in [-0.2, -0.15) is 0 Å². The van der Waals surface area contributed by atoms with Crippen LogP contribution in [0.25, 0.3) is 10.9 Å². The largest absolute Gasteiger partial charge is 0.337 e. The molecular weight excluding hydrogens is 297 g/mol. The fraction of sp³-hybridized carbons (Fsp3) is 0.412. The molecule has 0 saturated carbocycles. The Balaban J connectivity index is 2.02. The van der Waals surface area contributed by atoms with Gasteiger partial charge in [0, 0.05) is 36.1 Å². The number of pyridine rings is 1. The Morgan fingerprint density at radius 2 is 2.04 bits per heavy atom. The molecule has 0 spiro atoms. The maximum Gasteiger partial charge on any atom is 0.254 e. The van der Waals surface area contributed by atoms with Crippen LogP contribution >= 0.6 is 0 Å². The second-order valence-electron chi connectivity index (χ2n) is 6.46. The summed E-state index contributed by atoms with van der Waals surface area (Å²) in [6, 6.07) is 5.59. The summed E-state index contributed by atoms with van der Waals surface area (Å²) in [6.45, 7) is 3.34. The minimum absolute atomic E-state index is 0.220. The molecule has 1 amide bonds. The van der Waals surface area contributed by atoms with Crippen LogP contribution in [0.5, 0.6) is 0 Å². The zero-order valence-corrected chi connectivity index (χ0v) is 13.5. The van der Waals surface area contributed by atoms with E-state index in [1.807, 2.05) is 14.1 Å². The predicted octanol–water partition coefficient (Wildman–Crippen LogP) is 1.69. The molecule has 1 aromatic heterocycles. The van der Waals surface area contributed by atoms with Gasteiger partial charge in [0.25, 0.3) is 5.91 Å². The van der Waals surface area contributed by atoms with E-state index in [0.717, 1.165) is 0 Å². The monoisotopic (exact) mass is 317 g/mol. The van der Waals surface area contributed by atoms with E-state index >= 15 is 0 Å². The minimum atomic E-state index is -0.431. The molecule has 0 radical (unpaired) electrons. The van der Waals surface area contributed by atoms with Crippen LogP contribution in [0.3, 0.4) is 0 Å². The standard InChI is InChI=1S/C17H20FN3O2/c1-10-8-21(9-15(10)20(2)3)17(23)13-7-16(22)19-14-5-4-11(18)6-12(13)14/h4-7,10,15H,8-9H2,1-3H3,(H,19,22)/t10-,15+/m0/s1. The molecule has 2 heterocycles. The van der Waals surface area contributed by atoms with E-state index in [0.29, 0.717) is 29.9 Å². The molecule has 1 saturated heterocycles. The van der Waals surface area contributed by atoms with Gasteiger partial charge in [0.15, 0.2) is 0 Å². The first-order valence-electron chi connectivity index (χ1n) is 7.65. The SMILES string of the molecule is C[C@H]1CN(C(=O)c2cc(=O)[nH]c3ccc(F)cc23)C[C@H]1N(C)C. The number of nitrogens with zero attached hydrogens (tertiary/aromatic N) is 2. The van der Waals surface area contributed by atoms with Crippen molar-refractivity contribution in [1.29, 1.82) is 0 Å². The van der Waals surface area contributed by atoms with Crippen molar-refractivity contribution in [2.75, 3.05) is 27.2 Å². The quantitative estimate of drug-likeness (QED) is 0.917. The summed E-state index contributed by atoms with van der Waals surface area (Å²) in [5.41, 5.74) is 0.373. The molecule has 0 aliphatic carbocycles. The van der Waals surface area contributed by atoms with E-state index in [4.69, 9.17) is 0 Å². The molecule has 0 unspecified atom stereocenters. The number of likely N-dealkylation sites (tertiary alicyclic amines) is 1. The smallest absolute Gasteiger partial charge is 0.254 e. The minimum Gasteiger partial charge on any atom is -0.337 e. The van der Waals surface area contributed by atoms with Crippen LogP contribution in [0.1, 0.15) is 17.3 Å². The van der Waals surface area contributed by atoms with E-state index in [9.17, 15) is 14.0 Å². The number of aromatic amines is 1. The lowest BCUT2D eigenvalue weighted by atomic mass is 10.1. The molecule has 122 valence electrons. The molecule has 6 heteroatoms. The van der Waals surface area contributed by atoms with Crippen molar-refractivity contribution in [2.24, 2.45) is 5.92 Å². The van der Waals surface area contributed by atoms with Crippen molar-refractivity contribution < 1.29 is 9.18 Å². The lowest BCUT2D eigenvalue weighted by molar-refractivity contribution is 0.0783. The van der Waals surface area contributed by atoms with Gasteiger partial charge in [0.2, 0.25) is 5.56 Å². The third-order valence-electron chi connectivity index (χ3n) is 4.56. The van der Waals surface area contributed by atoms with E-state index in [-0.39, 0.29) is 23.1 Å². The summed E-state index contributed by atoms with van der Waals surface area (Å²) >= 11 is 0. The number of aromatic nitrogens is 1. The highest BCUT2D eigenvalue weighted by molar-refractivity contribution is 6.06. The summed E-state index contributed by atoms with van der Waals surface area (Å²) < 4.78 is 13.6. The third-order valence-corrected chi connectivity index (χ3v) is 4.56. The van der Waals surface area contributed by atoms with Crippen molar-refractivity contribution >= 4 is 16.8 Å². The van der Waals surface area contributed by atoms with Gasteiger partial charge in [-0.05, 0) is 38.2 Å². The summed E-state index contributed by atoms with van der Waals surface area (Å²) in [5.74, 6) is -0.304. The molecule has 1 aliphatic rings. The van der Waals surface area contributed by atoms with E-state index < -0.39 is 5.82 Å². The maximum absolute atomic E-state index is 13.6. The molecule has 1 N–H and O–H groups in total. The average molecular weight is 317 g/mol. The van der Waals surface area contributed by atoms with Gasteiger partial charge < -0.3 is 14.8 Å². The number of nitrogens with one attached hydrogen (secondary N) is 1. The molecule has 2 aromatic rings. The number of rotatable bonds is 2. The normalized spacial score (nSPS) is 21.3. The van der Waals surface area contributed by atoms with Gasteiger partial charge in [0.1, 0.15) is 5.82 Å². The Morgan fingerprint density at radius 3 is 2.70 bits per heavy atom. The fourth-order valence-corrected chi connectivity index (χ4v) is 3.36. The molecule has 5 nitrogen and oxygen atoms in total. The van der Waals surface area contributed by atoms with Crippen LogP contribution in [0, 0.1) is 11.7 Å². The topological polar surface area (TPSA) is 56.4 Å². The second-order valence-corrected chi connectivity index (χ2v) is 6.46. The van der Waals surface area contributed by atoms with Crippen molar-refractivity contribution in [3.05, 3.63) is 46.0 Å². The zero-order chi connectivity index (χ0) is 16.7. The molecule has 0 bridgehead atoms. The number of H-pyrrole nitrogens is 1. The number of carbonyl (C=O) groups excluding carboxylic acids is 1. The summed E-state index contributed by atoms with van der Waals surface area (Å²) in [7, 11) is 3.99. The maximum atomic E-state index is 13.6. The van der Waals surface area contributed by atoms with Gasteiger partial charge in [-0.3, -0.25) is 9.59 Å². The highest BCUT2D eigenvalue weighted by Crippen LogP contribution is 2.24. The first kappa shape index (κ1) is 15.7. The highest BCUT2D eigenvalue weighted by Gasteiger charge is 2.34. The molecular formula is C17H20FN3O2. The number of benzene rings is 1. The average Bonchev–Trinajstić information content (AvgIpc) is 2.88. The predicted molar refractivity (Wildman–Crippen MR) is 87.1 cm³/mol. The van der Waals surface area contributed by atoms with Gasteiger partial charge in [-0.15, -0.1) is 0 Å². The number of carbonyl (C=O) groups is 1. The van der Waals surface area contributed by atoms with Crippen molar-refractivity contribution in [2.45, 2.75) is 13.0 Å². The van der Waals surface area contributed by atoms with E-state index in [2.05, 4.69) is 16.8 Å². The lowest BCUT2D eigenvalue weighted by Gasteiger charge is -2.22. The summed E-state index contributed by atoms with van der Waals surface area (Å²) in [4.78, 5) is 31.2. The van der Waals surface area contributed by atoms with E-state index in [1.54, 1.807) is 4.90 Å². The number of amides is 1. The second kappa shape index (κ2) is 5.77. The Kier molecular flexibility index (Phi) is 3.93. The van der Waals surface area contributed by atoms with Gasteiger partial charge >= 0.3 is 0 Å². The molecule has 23 heavy (non-hydrogen) atoms. The molecule has 3 rings (SSSR count). The number of halogens is 1. The summed E-state index contributed by atoms with van der Waals surface area (Å²) in [5, 5.41) is 0.440. The molecule has 1 aromatic carbocycles. The van der Waals surface area contributed by atoms with Gasteiger partial charge in [-0.25, -0.2) is 4.39 Å². The number of hydrogen-bond acceptors (Lipinski definition) is 3. The molecule has 2 atom stereocenters. The van der Waals surface area contributed by atoms with Crippen LogP contribution < -0.4 is 5.56 Å². The first-order chi connectivity index (χ1) is 10.9. The highest BCUT2D eigenvalue weighted by atomic mass is 19.1. The van der Waals surface area contributed by atoms with Crippen molar-refractivity contribution in [3.8, 4) is 0 Å². The Morgan fingerprint density at radius 1 is 1.30 bits per heavy atom. The van der Waals surface area contributed by atoms with E-state index in [1.165, 1.54) is 24.3 Å². The fourth-order valence-electron chi connectivity index (χ4n) is 3.36. The third kappa shape index (κ3) is 2.86. The first-order valence-corrected chi connectivity index (χ1v) is 7.65. The van der Waals surface area contributed by atoms with Crippen LogP contribution in [0.4, 0.5) is 4.39 Å².